The summed E-state index contributed by atoms with van der Waals surface area (Å²) < 4.78 is 47.9. The highest BCUT2D eigenvalue weighted by Crippen LogP contribution is 2.28. The number of methoxy groups -OCH3 is 1. The van der Waals surface area contributed by atoms with Gasteiger partial charge in [-0.15, -0.1) is 0 Å². The van der Waals surface area contributed by atoms with E-state index in [-0.39, 0.29) is 11.3 Å². The van der Waals surface area contributed by atoms with Gasteiger partial charge in [0.05, 0.1) is 13.7 Å². The lowest BCUT2D eigenvalue weighted by Gasteiger charge is -2.18. The highest BCUT2D eigenvalue weighted by molar-refractivity contribution is 5.95. The van der Waals surface area contributed by atoms with E-state index in [1.165, 1.54) is 25.3 Å². The molecule has 5 nitrogen and oxygen atoms in total. The number of benzene rings is 1. The third-order valence-electron chi connectivity index (χ3n) is 2.87. The normalized spacial score (nSPS) is 12.6. The smallest absolute Gasteiger partial charge is 0.408 e. The third-order valence-corrected chi connectivity index (χ3v) is 2.87. The summed E-state index contributed by atoms with van der Waals surface area (Å²) in [7, 11) is 1.43. The van der Waals surface area contributed by atoms with Gasteiger partial charge in [0.2, 0.25) is 0 Å². The van der Waals surface area contributed by atoms with Crippen LogP contribution in [0.4, 0.5) is 13.2 Å². The minimum absolute atomic E-state index is 0.0552. The fourth-order valence-electron chi connectivity index (χ4n) is 1.56. The standard InChI is InChI=1S/C14H19F3N2O3/c1-9(14(15,16)17)19-13(20)10-4-5-11(21-2)12(8-10)22-7-3-6-18/h4-5,8-9H,3,6-7,18H2,1-2H3,(H,19,20)/t9-/m1/s1. The van der Waals surface area contributed by atoms with E-state index in [9.17, 15) is 18.0 Å². The number of amides is 1. The Labute approximate surface area is 126 Å². The Balaban J connectivity index is 2.86. The van der Waals surface area contributed by atoms with Crippen LogP contribution in [0, 0.1) is 0 Å². The van der Waals surface area contributed by atoms with Crippen LogP contribution in [0.1, 0.15) is 23.7 Å². The van der Waals surface area contributed by atoms with Gasteiger partial charge in [-0.05, 0) is 38.1 Å². The van der Waals surface area contributed by atoms with Gasteiger partial charge in [-0.3, -0.25) is 4.79 Å². The van der Waals surface area contributed by atoms with Gasteiger partial charge in [0.1, 0.15) is 6.04 Å². The number of carbonyl (C=O) groups is 1. The number of hydrogen-bond donors (Lipinski definition) is 2. The van der Waals surface area contributed by atoms with E-state index < -0.39 is 18.1 Å². The molecule has 1 rings (SSSR count). The number of alkyl halides is 3. The predicted octanol–water partition coefficient (Wildman–Crippen LogP) is 2.10. The minimum atomic E-state index is -4.50. The molecule has 0 bridgehead atoms. The molecule has 8 heteroatoms. The van der Waals surface area contributed by atoms with Gasteiger partial charge in [-0.25, -0.2) is 0 Å². The average Bonchev–Trinajstić information content (AvgIpc) is 2.46. The molecule has 0 heterocycles. The monoisotopic (exact) mass is 320 g/mol. The molecule has 0 saturated carbocycles. The van der Waals surface area contributed by atoms with Crippen molar-refractivity contribution in [1.82, 2.24) is 5.32 Å². The van der Waals surface area contributed by atoms with Crippen molar-refractivity contribution in [2.45, 2.75) is 25.6 Å². The maximum atomic E-state index is 12.5. The third kappa shape index (κ3) is 5.10. The predicted molar refractivity (Wildman–Crippen MR) is 75.1 cm³/mol. The molecular formula is C14H19F3N2O3. The van der Waals surface area contributed by atoms with Crippen LogP contribution in [-0.2, 0) is 0 Å². The van der Waals surface area contributed by atoms with E-state index in [0.717, 1.165) is 6.92 Å². The molecule has 22 heavy (non-hydrogen) atoms. The number of carbonyl (C=O) groups excluding carboxylic acids is 1. The lowest BCUT2D eigenvalue weighted by molar-refractivity contribution is -0.149. The molecule has 0 aliphatic carbocycles. The summed E-state index contributed by atoms with van der Waals surface area (Å²) in [4.78, 5) is 11.9. The maximum absolute atomic E-state index is 12.5. The lowest BCUT2D eigenvalue weighted by atomic mass is 10.1. The topological polar surface area (TPSA) is 73.6 Å². The van der Waals surface area contributed by atoms with E-state index in [2.05, 4.69) is 0 Å². The van der Waals surface area contributed by atoms with Gasteiger partial charge in [-0.1, -0.05) is 0 Å². The fraction of sp³-hybridized carbons (Fsp3) is 0.500. The molecule has 0 aliphatic heterocycles. The molecule has 1 atom stereocenters. The quantitative estimate of drug-likeness (QED) is 0.755. The molecule has 1 amide bonds. The largest absolute Gasteiger partial charge is 0.493 e. The van der Waals surface area contributed by atoms with Crippen LogP contribution in [0.3, 0.4) is 0 Å². The van der Waals surface area contributed by atoms with Crippen molar-refractivity contribution < 1.29 is 27.4 Å². The number of halogens is 3. The summed E-state index contributed by atoms with van der Waals surface area (Å²) in [6, 6.07) is 2.23. The number of nitrogens with one attached hydrogen (secondary N) is 1. The lowest BCUT2D eigenvalue weighted by Crippen LogP contribution is -2.43. The van der Waals surface area contributed by atoms with E-state index >= 15 is 0 Å². The molecule has 0 unspecified atom stereocenters. The SMILES string of the molecule is COc1ccc(C(=O)N[C@H](C)C(F)(F)F)cc1OCCCN. The van der Waals surface area contributed by atoms with Crippen LogP contribution in [0.15, 0.2) is 18.2 Å². The van der Waals surface area contributed by atoms with Crippen LogP contribution in [0.2, 0.25) is 0 Å². The Morgan fingerprint density at radius 2 is 2.05 bits per heavy atom. The van der Waals surface area contributed by atoms with Crippen LogP contribution in [0.5, 0.6) is 11.5 Å². The summed E-state index contributed by atoms with van der Waals surface area (Å²) in [6.45, 7) is 1.63. The molecule has 1 aromatic carbocycles. The first-order chi connectivity index (χ1) is 10.3. The summed E-state index contributed by atoms with van der Waals surface area (Å²) in [5.74, 6) is -0.170. The number of nitrogens with two attached hydrogens (primary N) is 1. The maximum Gasteiger partial charge on any atom is 0.408 e. The van der Waals surface area contributed by atoms with Crippen molar-refractivity contribution in [2.75, 3.05) is 20.3 Å². The van der Waals surface area contributed by atoms with Crippen molar-refractivity contribution in [3.05, 3.63) is 23.8 Å². The molecule has 1 aromatic rings. The average molecular weight is 320 g/mol. The fourth-order valence-corrected chi connectivity index (χ4v) is 1.56. The molecule has 0 aliphatic rings. The zero-order valence-corrected chi connectivity index (χ0v) is 12.4. The van der Waals surface area contributed by atoms with Gasteiger partial charge in [0, 0.05) is 5.56 Å². The van der Waals surface area contributed by atoms with Crippen LogP contribution >= 0.6 is 0 Å². The second-order valence-corrected chi connectivity index (χ2v) is 4.59. The van der Waals surface area contributed by atoms with Gasteiger partial charge in [0.25, 0.3) is 5.91 Å². The second kappa shape index (κ2) is 7.88. The second-order valence-electron chi connectivity index (χ2n) is 4.59. The van der Waals surface area contributed by atoms with Crippen molar-refractivity contribution in [1.29, 1.82) is 0 Å². The van der Waals surface area contributed by atoms with Gasteiger partial charge in [-0.2, -0.15) is 13.2 Å². The molecule has 3 N–H and O–H groups in total. The zero-order valence-electron chi connectivity index (χ0n) is 12.4. The Bertz CT molecular complexity index is 507. The van der Waals surface area contributed by atoms with E-state index in [4.69, 9.17) is 15.2 Å². The van der Waals surface area contributed by atoms with Gasteiger partial charge in [0.15, 0.2) is 11.5 Å². The van der Waals surface area contributed by atoms with Crippen molar-refractivity contribution in [2.24, 2.45) is 5.73 Å². The molecule has 0 radical (unpaired) electrons. The summed E-state index contributed by atoms with van der Waals surface area (Å²) >= 11 is 0. The Hall–Kier alpha value is -1.96. The van der Waals surface area contributed by atoms with Gasteiger partial charge >= 0.3 is 6.18 Å². The Morgan fingerprint density at radius 3 is 2.59 bits per heavy atom. The van der Waals surface area contributed by atoms with E-state index in [1.807, 2.05) is 5.32 Å². The number of hydrogen-bond acceptors (Lipinski definition) is 4. The molecule has 0 saturated heterocycles. The highest BCUT2D eigenvalue weighted by atomic mass is 19.4. The molecular weight excluding hydrogens is 301 g/mol. The summed E-state index contributed by atoms with van der Waals surface area (Å²) in [5, 5.41) is 1.89. The first-order valence-corrected chi connectivity index (χ1v) is 6.68. The van der Waals surface area contributed by atoms with Crippen molar-refractivity contribution in [3.63, 3.8) is 0 Å². The first-order valence-electron chi connectivity index (χ1n) is 6.68. The van der Waals surface area contributed by atoms with Crippen LogP contribution in [0.25, 0.3) is 0 Å². The van der Waals surface area contributed by atoms with E-state index in [1.54, 1.807) is 0 Å². The minimum Gasteiger partial charge on any atom is -0.493 e. The van der Waals surface area contributed by atoms with E-state index in [0.29, 0.717) is 25.3 Å². The Kier molecular flexibility index (Phi) is 6.48. The van der Waals surface area contributed by atoms with Crippen molar-refractivity contribution >= 4 is 5.91 Å². The van der Waals surface area contributed by atoms with Crippen molar-refractivity contribution in [3.8, 4) is 11.5 Å². The Morgan fingerprint density at radius 1 is 1.36 bits per heavy atom. The number of ether oxygens (including phenoxy) is 2. The molecule has 124 valence electrons. The summed E-state index contributed by atoms with van der Waals surface area (Å²) in [6.07, 6.45) is -3.90. The molecule has 0 spiro atoms. The first kappa shape index (κ1) is 18.1. The number of rotatable bonds is 7. The molecule has 0 fully saturated rings. The highest BCUT2D eigenvalue weighted by Gasteiger charge is 2.37. The van der Waals surface area contributed by atoms with Crippen LogP contribution < -0.4 is 20.5 Å². The zero-order chi connectivity index (χ0) is 16.8. The molecule has 0 aromatic heterocycles. The van der Waals surface area contributed by atoms with Crippen LogP contribution in [-0.4, -0.2) is 38.4 Å². The van der Waals surface area contributed by atoms with Gasteiger partial charge < -0.3 is 20.5 Å². The summed E-state index contributed by atoms with van der Waals surface area (Å²) in [5.41, 5.74) is 5.41.